The molecule has 2 rings (SSSR count). The van der Waals surface area contributed by atoms with E-state index in [0.29, 0.717) is 0 Å². The summed E-state index contributed by atoms with van der Waals surface area (Å²) in [5, 5.41) is 9.81. The molecule has 0 amide bonds. The van der Waals surface area contributed by atoms with E-state index >= 15 is 0 Å². The van der Waals surface area contributed by atoms with E-state index in [9.17, 15) is 5.11 Å². The number of aliphatic hydroxyl groups is 1. The third-order valence-corrected chi connectivity index (χ3v) is 3.68. The smallest absolute Gasteiger partial charge is 0.142 e. The van der Waals surface area contributed by atoms with Crippen LogP contribution in [-0.2, 0) is 0 Å². The third kappa shape index (κ3) is 2.95. The summed E-state index contributed by atoms with van der Waals surface area (Å²) >= 11 is 0. The van der Waals surface area contributed by atoms with Crippen molar-refractivity contribution < 1.29 is 14.6 Å². The van der Waals surface area contributed by atoms with Gasteiger partial charge in [-0.2, -0.15) is 0 Å². The molecule has 0 aromatic heterocycles. The number of piperidine rings is 1. The molecule has 1 unspecified atom stereocenters. The molecule has 0 saturated carbocycles. The summed E-state index contributed by atoms with van der Waals surface area (Å²) < 4.78 is 10.9. The zero-order valence-electron chi connectivity index (χ0n) is 12.0. The van der Waals surface area contributed by atoms with Gasteiger partial charge in [-0.3, -0.25) is 0 Å². The molecule has 0 aliphatic carbocycles. The summed E-state index contributed by atoms with van der Waals surface area (Å²) in [4.78, 5) is 2.33. The van der Waals surface area contributed by atoms with Gasteiger partial charge in [0, 0.05) is 24.7 Å². The van der Waals surface area contributed by atoms with Crippen LogP contribution in [0.25, 0.3) is 0 Å². The number of methoxy groups -OCH3 is 2. The first kappa shape index (κ1) is 14.0. The highest BCUT2D eigenvalue weighted by molar-refractivity contribution is 5.64. The Morgan fingerprint density at radius 1 is 1.05 bits per heavy atom. The SMILES string of the molecule is COc1cc(N2CCCCC2)c(OC)cc1C(C)O. The first-order valence-electron chi connectivity index (χ1n) is 6.86. The molecule has 106 valence electrons. The lowest BCUT2D eigenvalue weighted by molar-refractivity contribution is 0.194. The Morgan fingerprint density at radius 2 is 1.68 bits per heavy atom. The Kier molecular flexibility index (Phi) is 4.53. The Labute approximate surface area is 114 Å². The Morgan fingerprint density at radius 3 is 2.21 bits per heavy atom. The summed E-state index contributed by atoms with van der Waals surface area (Å²) in [7, 11) is 3.30. The second-order valence-electron chi connectivity index (χ2n) is 4.99. The number of hydrogen-bond donors (Lipinski definition) is 1. The number of hydrogen-bond acceptors (Lipinski definition) is 4. The van der Waals surface area contributed by atoms with Crippen LogP contribution in [0.15, 0.2) is 12.1 Å². The fraction of sp³-hybridized carbons (Fsp3) is 0.600. The molecule has 1 aliphatic rings. The molecule has 1 aromatic carbocycles. The molecule has 1 N–H and O–H groups in total. The van der Waals surface area contributed by atoms with Crippen molar-refractivity contribution in [3.63, 3.8) is 0 Å². The van der Waals surface area contributed by atoms with E-state index in [-0.39, 0.29) is 0 Å². The zero-order valence-corrected chi connectivity index (χ0v) is 12.0. The Balaban J connectivity index is 2.41. The minimum absolute atomic E-state index is 0.570. The number of ether oxygens (including phenoxy) is 2. The molecular formula is C15H23NO3. The molecule has 1 aliphatic heterocycles. The average Bonchev–Trinajstić information content (AvgIpc) is 2.46. The van der Waals surface area contributed by atoms with Crippen LogP contribution in [0.1, 0.15) is 37.9 Å². The number of anilines is 1. The van der Waals surface area contributed by atoms with Crippen molar-refractivity contribution >= 4 is 5.69 Å². The van der Waals surface area contributed by atoms with Crippen LogP contribution >= 0.6 is 0 Å². The predicted molar refractivity (Wildman–Crippen MR) is 76.2 cm³/mol. The minimum Gasteiger partial charge on any atom is -0.496 e. The van der Waals surface area contributed by atoms with Crippen LogP contribution < -0.4 is 14.4 Å². The van der Waals surface area contributed by atoms with Gasteiger partial charge in [-0.15, -0.1) is 0 Å². The quantitative estimate of drug-likeness (QED) is 0.909. The first-order valence-corrected chi connectivity index (χ1v) is 6.86. The lowest BCUT2D eigenvalue weighted by Gasteiger charge is -2.31. The molecular weight excluding hydrogens is 242 g/mol. The van der Waals surface area contributed by atoms with Gasteiger partial charge in [0.2, 0.25) is 0 Å². The van der Waals surface area contributed by atoms with Gasteiger partial charge in [0.15, 0.2) is 0 Å². The van der Waals surface area contributed by atoms with Crippen LogP contribution in [0, 0.1) is 0 Å². The van der Waals surface area contributed by atoms with Crippen molar-refractivity contribution in [2.75, 3.05) is 32.2 Å². The molecule has 4 nitrogen and oxygen atoms in total. The monoisotopic (exact) mass is 265 g/mol. The third-order valence-electron chi connectivity index (χ3n) is 3.68. The summed E-state index contributed by atoms with van der Waals surface area (Å²) in [6.07, 6.45) is 3.15. The number of rotatable bonds is 4. The standard InChI is InChI=1S/C15H23NO3/c1-11(17)12-9-15(19-3)13(10-14(12)18-2)16-7-5-4-6-8-16/h9-11,17H,4-8H2,1-3H3. The highest BCUT2D eigenvalue weighted by atomic mass is 16.5. The van der Waals surface area contributed by atoms with Crippen molar-refractivity contribution in [1.82, 2.24) is 0 Å². The van der Waals surface area contributed by atoms with E-state index in [4.69, 9.17) is 9.47 Å². The Hall–Kier alpha value is -1.42. The molecule has 1 aromatic rings. The van der Waals surface area contributed by atoms with Crippen LogP contribution in [0.4, 0.5) is 5.69 Å². The Bertz CT molecular complexity index is 426. The molecule has 1 heterocycles. The lowest BCUT2D eigenvalue weighted by Crippen LogP contribution is -2.29. The summed E-state index contributed by atoms with van der Waals surface area (Å²) in [6.45, 7) is 3.83. The van der Waals surface area contributed by atoms with E-state index in [2.05, 4.69) is 4.90 Å². The second-order valence-corrected chi connectivity index (χ2v) is 4.99. The maximum absolute atomic E-state index is 9.81. The van der Waals surface area contributed by atoms with Gasteiger partial charge in [0.05, 0.1) is 26.0 Å². The van der Waals surface area contributed by atoms with E-state index in [1.165, 1.54) is 19.3 Å². The summed E-state index contributed by atoms with van der Waals surface area (Å²) in [5.41, 5.74) is 1.82. The maximum atomic E-state index is 9.81. The van der Waals surface area contributed by atoms with Gasteiger partial charge in [-0.1, -0.05) is 0 Å². The molecule has 4 heteroatoms. The minimum atomic E-state index is -0.570. The van der Waals surface area contributed by atoms with E-state index in [0.717, 1.165) is 35.8 Å². The number of aliphatic hydroxyl groups excluding tert-OH is 1. The van der Waals surface area contributed by atoms with Crippen molar-refractivity contribution in [2.24, 2.45) is 0 Å². The summed E-state index contributed by atoms with van der Waals surface area (Å²) in [5.74, 6) is 1.52. The van der Waals surface area contributed by atoms with Crippen LogP contribution in [-0.4, -0.2) is 32.4 Å². The van der Waals surface area contributed by atoms with Gasteiger partial charge in [-0.05, 0) is 32.3 Å². The molecule has 0 bridgehead atoms. The highest BCUT2D eigenvalue weighted by Crippen LogP contribution is 2.38. The molecule has 0 radical (unpaired) electrons. The number of benzene rings is 1. The first-order chi connectivity index (χ1) is 9.17. The highest BCUT2D eigenvalue weighted by Gasteiger charge is 2.20. The molecule has 19 heavy (non-hydrogen) atoms. The van der Waals surface area contributed by atoms with Crippen LogP contribution in [0.5, 0.6) is 11.5 Å². The topological polar surface area (TPSA) is 41.9 Å². The summed E-state index contributed by atoms with van der Waals surface area (Å²) in [6, 6.07) is 3.86. The van der Waals surface area contributed by atoms with Gasteiger partial charge in [0.1, 0.15) is 11.5 Å². The van der Waals surface area contributed by atoms with Gasteiger partial charge < -0.3 is 19.5 Å². The predicted octanol–water partition coefficient (Wildman–Crippen LogP) is 2.75. The second kappa shape index (κ2) is 6.15. The lowest BCUT2D eigenvalue weighted by atomic mass is 10.1. The van der Waals surface area contributed by atoms with Gasteiger partial charge >= 0.3 is 0 Å². The fourth-order valence-corrected chi connectivity index (χ4v) is 2.61. The number of nitrogens with zero attached hydrogens (tertiary/aromatic N) is 1. The van der Waals surface area contributed by atoms with Gasteiger partial charge in [-0.25, -0.2) is 0 Å². The van der Waals surface area contributed by atoms with E-state index < -0.39 is 6.10 Å². The zero-order chi connectivity index (χ0) is 13.8. The van der Waals surface area contributed by atoms with Crippen molar-refractivity contribution in [1.29, 1.82) is 0 Å². The molecule has 1 saturated heterocycles. The van der Waals surface area contributed by atoms with Crippen molar-refractivity contribution in [3.8, 4) is 11.5 Å². The molecule has 1 fully saturated rings. The van der Waals surface area contributed by atoms with Gasteiger partial charge in [0.25, 0.3) is 0 Å². The normalized spacial score (nSPS) is 17.2. The molecule has 1 atom stereocenters. The van der Waals surface area contributed by atoms with Crippen LogP contribution in [0.2, 0.25) is 0 Å². The average molecular weight is 265 g/mol. The van der Waals surface area contributed by atoms with Crippen LogP contribution in [0.3, 0.4) is 0 Å². The van der Waals surface area contributed by atoms with Crippen molar-refractivity contribution in [2.45, 2.75) is 32.3 Å². The maximum Gasteiger partial charge on any atom is 0.142 e. The van der Waals surface area contributed by atoms with Crippen molar-refractivity contribution in [3.05, 3.63) is 17.7 Å². The largest absolute Gasteiger partial charge is 0.496 e. The van der Waals surface area contributed by atoms with E-state index in [1.54, 1.807) is 21.1 Å². The molecule has 0 spiro atoms. The van der Waals surface area contributed by atoms with E-state index in [1.807, 2.05) is 12.1 Å². The fourth-order valence-electron chi connectivity index (χ4n) is 2.61.